The van der Waals surface area contributed by atoms with Gasteiger partial charge in [-0.25, -0.2) is 0 Å². The van der Waals surface area contributed by atoms with Crippen molar-refractivity contribution in [2.75, 3.05) is 39.3 Å². The van der Waals surface area contributed by atoms with Gasteiger partial charge in [-0.2, -0.15) is 0 Å². The van der Waals surface area contributed by atoms with E-state index in [1.54, 1.807) is 0 Å². The molecule has 1 atom stereocenters. The van der Waals surface area contributed by atoms with Crippen LogP contribution < -0.4 is 21.3 Å². The molecule has 0 aromatic rings. The minimum atomic E-state index is 0.211. The molecule has 0 aromatic heterocycles. The van der Waals surface area contributed by atoms with Gasteiger partial charge in [0.15, 0.2) is 0 Å². The van der Waals surface area contributed by atoms with Crippen LogP contribution in [-0.2, 0) is 4.79 Å². The number of amides is 1. The fourth-order valence-electron chi connectivity index (χ4n) is 4.34. The van der Waals surface area contributed by atoms with Crippen LogP contribution in [0.25, 0.3) is 0 Å². The second-order valence-electron chi connectivity index (χ2n) is 9.44. The summed E-state index contributed by atoms with van der Waals surface area (Å²) in [6.07, 6.45) is 21.5. The molecule has 31 heavy (non-hydrogen) atoms. The highest BCUT2D eigenvalue weighted by molar-refractivity contribution is 5.76. The van der Waals surface area contributed by atoms with E-state index in [0.717, 1.165) is 58.5 Å². The molecule has 1 heterocycles. The fourth-order valence-corrected chi connectivity index (χ4v) is 4.34. The molecule has 0 unspecified atom stereocenters. The number of unbranched alkanes of at least 4 members (excludes halogenated alkanes) is 10. The van der Waals surface area contributed by atoms with Gasteiger partial charge in [0.05, 0.1) is 0 Å². The van der Waals surface area contributed by atoms with Crippen molar-refractivity contribution in [1.82, 2.24) is 21.3 Å². The molecule has 1 amide bonds. The fraction of sp³-hybridized carbons (Fsp3) is 0.962. The van der Waals surface area contributed by atoms with E-state index in [0.29, 0.717) is 12.5 Å². The smallest absolute Gasteiger partial charge is 0.221 e. The third-order valence-electron chi connectivity index (χ3n) is 6.36. The standard InChI is InChI=1S/C26H54N4O/c1-2-3-4-5-6-7-8-9-10-11-12-17-25-24-26(31)30-23-16-21-28-19-14-13-18-27-20-15-22-29-25/h25,27-29H,2-24H2,1H3,(H,30,31)/t25-/m1/s1. The third-order valence-corrected chi connectivity index (χ3v) is 6.36. The summed E-state index contributed by atoms with van der Waals surface area (Å²) in [5.41, 5.74) is 0. The minimum Gasteiger partial charge on any atom is -0.356 e. The second kappa shape index (κ2) is 22.5. The van der Waals surface area contributed by atoms with Crippen LogP contribution in [0.5, 0.6) is 0 Å². The van der Waals surface area contributed by atoms with Gasteiger partial charge >= 0.3 is 0 Å². The zero-order valence-corrected chi connectivity index (χ0v) is 20.7. The Balaban J connectivity index is 2.16. The summed E-state index contributed by atoms with van der Waals surface area (Å²) in [7, 11) is 0. The Hall–Kier alpha value is -0.650. The second-order valence-corrected chi connectivity index (χ2v) is 9.44. The van der Waals surface area contributed by atoms with Crippen molar-refractivity contribution in [2.45, 2.75) is 122 Å². The van der Waals surface area contributed by atoms with Crippen molar-refractivity contribution < 1.29 is 4.79 Å². The van der Waals surface area contributed by atoms with Gasteiger partial charge in [-0.3, -0.25) is 4.79 Å². The molecule has 1 fully saturated rings. The molecular weight excluding hydrogens is 384 g/mol. The van der Waals surface area contributed by atoms with E-state index < -0.39 is 0 Å². The quantitative estimate of drug-likeness (QED) is 0.327. The van der Waals surface area contributed by atoms with Crippen LogP contribution in [0.15, 0.2) is 0 Å². The maximum atomic E-state index is 12.4. The lowest BCUT2D eigenvalue weighted by molar-refractivity contribution is -0.121. The first-order valence-electron chi connectivity index (χ1n) is 13.7. The van der Waals surface area contributed by atoms with Gasteiger partial charge in [-0.1, -0.05) is 77.6 Å². The molecule has 184 valence electrons. The molecule has 1 saturated heterocycles. The van der Waals surface area contributed by atoms with Crippen molar-refractivity contribution >= 4 is 5.91 Å². The Morgan fingerprint density at radius 3 is 1.77 bits per heavy atom. The topological polar surface area (TPSA) is 65.2 Å². The number of carbonyl (C=O) groups is 1. The Morgan fingerprint density at radius 1 is 0.645 bits per heavy atom. The van der Waals surface area contributed by atoms with Crippen molar-refractivity contribution in [3.05, 3.63) is 0 Å². The van der Waals surface area contributed by atoms with E-state index in [4.69, 9.17) is 0 Å². The first kappa shape index (κ1) is 28.4. The van der Waals surface area contributed by atoms with E-state index in [1.807, 2.05) is 0 Å². The van der Waals surface area contributed by atoms with Crippen molar-refractivity contribution in [3.8, 4) is 0 Å². The summed E-state index contributed by atoms with van der Waals surface area (Å²) in [6, 6.07) is 0.326. The molecule has 1 aliphatic rings. The SMILES string of the molecule is CCCCCCCCCCCCC[C@@H]1CC(=O)NCCCNCCCCNCCCN1. The van der Waals surface area contributed by atoms with Crippen molar-refractivity contribution in [1.29, 1.82) is 0 Å². The molecule has 5 nitrogen and oxygen atoms in total. The maximum Gasteiger partial charge on any atom is 0.221 e. The lowest BCUT2D eigenvalue weighted by Crippen LogP contribution is -2.37. The molecule has 1 aliphatic heterocycles. The summed E-state index contributed by atoms with van der Waals surface area (Å²) in [6.45, 7) is 8.34. The number of carbonyl (C=O) groups excluding carboxylic acids is 1. The Kier molecular flexibility index (Phi) is 20.6. The summed E-state index contributed by atoms with van der Waals surface area (Å²) in [5.74, 6) is 0.211. The van der Waals surface area contributed by atoms with Crippen molar-refractivity contribution in [3.63, 3.8) is 0 Å². The minimum absolute atomic E-state index is 0.211. The molecule has 0 aromatic carbocycles. The van der Waals surface area contributed by atoms with Crippen LogP contribution in [0.1, 0.15) is 116 Å². The van der Waals surface area contributed by atoms with Gasteiger partial charge in [0, 0.05) is 19.0 Å². The number of nitrogens with one attached hydrogen (secondary N) is 4. The zero-order chi connectivity index (χ0) is 22.2. The highest BCUT2D eigenvalue weighted by Crippen LogP contribution is 2.13. The molecule has 4 N–H and O–H groups in total. The van der Waals surface area contributed by atoms with Gasteiger partial charge in [0.2, 0.25) is 5.91 Å². The number of hydrogen-bond donors (Lipinski definition) is 4. The van der Waals surface area contributed by atoms with Crippen LogP contribution in [-0.4, -0.2) is 51.2 Å². The van der Waals surface area contributed by atoms with E-state index in [-0.39, 0.29) is 5.91 Å². The van der Waals surface area contributed by atoms with E-state index in [2.05, 4.69) is 28.2 Å². The Morgan fingerprint density at radius 2 is 1.16 bits per heavy atom. The van der Waals surface area contributed by atoms with Crippen LogP contribution in [0, 0.1) is 0 Å². The lowest BCUT2D eigenvalue weighted by atomic mass is 10.0. The van der Waals surface area contributed by atoms with Crippen LogP contribution in [0.2, 0.25) is 0 Å². The monoisotopic (exact) mass is 438 g/mol. The molecule has 0 bridgehead atoms. The van der Waals surface area contributed by atoms with E-state index >= 15 is 0 Å². The summed E-state index contributed by atoms with van der Waals surface area (Å²) < 4.78 is 0. The molecule has 0 radical (unpaired) electrons. The lowest BCUT2D eigenvalue weighted by Gasteiger charge is -2.19. The maximum absolute atomic E-state index is 12.4. The van der Waals surface area contributed by atoms with Gasteiger partial charge in [-0.05, 0) is 64.8 Å². The van der Waals surface area contributed by atoms with E-state index in [1.165, 1.54) is 83.5 Å². The van der Waals surface area contributed by atoms with Crippen molar-refractivity contribution in [2.24, 2.45) is 0 Å². The average Bonchev–Trinajstić information content (AvgIpc) is 2.77. The summed E-state index contributed by atoms with van der Waals surface area (Å²) >= 11 is 0. The predicted molar refractivity (Wildman–Crippen MR) is 135 cm³/mol. The van der Waals surface area contributed by atoms with Crippen LogP contribution >= 0.6 is 0 Å². The zero-order valence-electron chi connectivity index (χ0n) is 20.7. The summed E-state index contributed by atoms with van der Waals surface area (Å²) in [4.78, 5) is 12.4. The molecule has 0 aliphatic carbocycles. The Labute approximate surface area is 193 Å². The molecule has 0 spiro atoms. The first-order chi connectivity index (χ1) is 15.3. The van der Waals surface area contributed by atoms with Gasteiger partial charge in [0.1, 0.15) is 0 Å². The third kappa shape index (κ3) is 19.7. The summed E-state index contributed by atoms with van der Waals surface area (Å²) in [5, 5.41) is 13.8. The van der Waals surface area contributed by atoms with Gasteiger partial charge in [0.25, 0.3) is 0 Å². The molecule has 5 heteroatoms. The van der Waals surface area contributed by atoms with Gasteiger partial charge in [-0.15, -0.1) is 0 Å². The number of rotatable bonds is 12. The number of hydrogen-bond acceptors (Lipinski definition) is 4. The highest BCUT2D eigenvalue weighted by atomic mass is 16.1. The highest BCUT2D eigenvalue weighted by Gasteiger charge is 2.13. The normalized spacial score (nSPS) is 20.8. The Bertz CT molecular complexity index is 392. The largest absolute Gasteiger partial charge is 0.356 e. The molecular formula is C26H54N4O. The first-order valence-corrected chi connectivity index (χ1v) is 13.7. The van der Waals surface area contributed by atoms with Crippen LogP contribution in [0.3, 0.4) is 0 Å². The average molecular weight is 439 g/mol. The predicted octanol–water partition coefficient (Wildman–Crippen LogP) is 4.91. The van der Waals surface area contributed by atoms with Gasteiger partial charge < -0.3 is 21.3 Å². The molecule has 1 rings (SSSR count). The van der Waals surface area contributed by atoms with Crippen LogP contribution in [0.4, 0.5) is 0 Å². The van der Waals surface area contributed by atoms with E-state index in [9.17, 15) is 4.79 Å². The molecule has 0 saturated carbocycles.